The summed E-state index contributed by atoms with van der Waals surface area (Å²) < 4.78 is 19.7. The monoisotopic (exact) mass is 434 g/mol. The molecule has 0 N–H and O–H groups in total. The highest BCUT2D eigenvalue weighted by atomic mass is 19.1. The third kappa shape index (κ3) is 6.71. The van der Waals surface area contributed by atoms with Crippen LogP contribution in [0.5, 0.6) is 5.75 Å². The van der Waals surface area contributed by atoms with Crippen LogP contribution >= 0.6 is 0 Å². The van der Waals surface area contributed by atoms with Gasteiger partial charge in [0.1, 0.15) is 0 Å². The molecule has 0 aliphatic rings. The fourth-order valence-electron chi connectivity index (χ4n) is 3.47. The van der Waals surface area contributed by atoms with Crippen LogP contribution < -0.4 is 4.74 Å². The number of benzene rings is 2. The first kappa shape index (κ1) is 23.6. The van der Waals surface area contributed by atoms with Crippen molar-refractivity contribution in [3.63, 3.8) is 0 Å². The molecule has 5 heteroatoms. The van der Waals surface area contributed by atoms with Crippen molar-refractivity contribution in [1.29, 1.82) is 0 Å². The number of ether oxygens (including phenoxy) is 1. The van der Waals surface area contributed by atoms with Gasteiger partial charge in [0.25, 0.3) is 0 Å². The highest BCUT2D eigenvalue weighted by Crippen LogP contribution is 2.22. The van der Waals surface area contributed by atoms with Crippen LogP contribution in [-0.2, 0) is 12.8 Å². The molecule has 0 amide bonds. The third-order valence-corrected chi connectivity index (χ3v) is 5.42. The van der Waals surface area contributed by atoms with E-state index in [4.69, 9.17) is 4.74 Å². The molecule has 0 aliphatic carbocycles. The molecule has 1 heterocycles. The second kappa shape index (κ2) is 12.1. The molecular formula is C27H31FN2O2. The lowest BCUT2D eigenvalue weighted by atomic mass is 10.1. The van der Waals surface area contributed by atoms with Crippen LogP contribution in [0.15, 0.2) is 54.9 Å². The Morgan fingerprint density at radius 2 is 1.53 bits per heavy atom. The molecule has 0 aliphatic heterocycles. The number of hydrogen-bond acceptors (Lipinski definition) is 4. The molecular weight excluding hydrogens is 403 g/mol. The predicted octanol–water partition coefficient (Wildman–Crippen LogP) is 6.97. The van der Waals surface area contributed by atoms with E-state index in [0.717, 1.165) is 55.2 Å². The van der Waals surface area contributed by atoms with Crippen LogP contribution in [-0.4, -0.2) is 15.9 Å². The zero-order valence-corrected chi connectivity index (χ0v) is 18.9. The van der Waals surface area contributed by atoms with Crippen molar-refractivity contribution in [1.82, 2.24) is 9.97 Å². The Morgan fingerprint density at radius 1 is 0.844 bits per heavy atom. The van der Waals surface area contributed by atoms with Crippen LogP contribution in [0.4, 0.5) is 4.39 Å². The van der Waals surface area contributed by atoms with Crippen molar-refractivity contribution < 1.29 is 13.9 Å². The summed E-state index contributed by atoms with van der Waals surface area (Å²) in [7, 11) is 0. The molecule has 0 saturated carbocycles. The van der Waals surface area contributed by atoms with Crippen LogP contribution in [0.2, 0.25) is 0 Å². The molecule has 0 radical (unpaired) electrons. The number of hydrogen-bond donors (Lipinski definition) is 0. The largest absolute Gasteiger partial charge is 0.420 e. The Hall–Kier alpha value is -3.08. The fraction of sp³-hybridized carbons (Fsp3) is 0.370. The second-order valence-corrected chi connectivity index (χ2v) is 8.06. The SMILES string of the molecule is CCCCCCc1ccc(OC(=O)c2ccc(-c3ncc(CCCC)cn3)cc2)c(F)c1. The molecule has 0 unspecified atom stereocenters. The van der Waals surface area contributed by atoms with E-state index < -0.39 is 11.8 Å². The number of nitrogens with zero attached hydrogens (tertiary/aromatic N) is 2. The van der Waals surface area contributed by atoms with Crippen molar-refractivity contribution in [2.75, 3.05) is 0 Å². The first-order valence-corrected chi connectivity index (χ1v) is 11.5. The minimum absolute atomic E-state index is 0.0533. The van der Waals surface area contributed by atoms with Crippen molar-refractivity contribution in [3.05, 3.63) is 77.4 Å². The Balaban J connectivity index is 1.60. The lowest BCUT2D eigenvalue weighted by Crippen LogP contribution is -2.09. The van der Waals surface area contributed by atoms with Gasteiger partial charge in [0.2, 0.25) is 0 Å². The summed E-state index contributed by atoms with van der Waals surface area (Å²) in [5.74, 6) is -0.561. The minimum atomic E-state index is -0.595. The van der Waals surface area contributed by atoms with Crippen LogP contribution in [0, 0.1) is 5.82 Å². The van der Waals surface area contributed by atoms with Crippen molar-refractivity contribution in [3.8, 4) is 17.1 Å². The summed E-state index contributed by atoms with van der Waals surface area (Å²) in [6.07, 6.45) is 12.3. The maximum atomic E-state index is 14.4. The Labute approximate surface area is 189 Å². The second-order valence-electron chi connectivity index (χ2n) is 8.06. The molecule has 0 bridgehead atoms. The van der Waals surface area contributed by atoms with Gasteiger partial charge in [-0.05, 0) is 61.1 Å². The number of aromatic nitrogens is 2. The molecule has 1 aromatic heterocycles. The average Bonchev–Trinajstić information content (AvgIpc) is 2.82. The zero-order valence-electron chi connectivity index (χ0n) is 18.9. The van der Waals surface area contributed by atoms with Gasteiger partial charge in [0.05, 0.1) is 5.56 Å². The number of carbonyl (C=O) groups excluding carboxylic acids is 1. The van der Waals surface area contributed by atoms with Gasteiger partial charge in [-0.2, -0.15) is 0 Å². The number of carbonyl (C=O) groups is 1. The van der Waals surface area contributed by atoms with Crippen molar-refractivity contribution in [2.24, 2.45) is 0 Å². The predicted molar refractivity (Wildman–Crippen MR) is 125 cm³/mol. The Kier molecular flexibility index (Phi) is 8.90. The van der Waals surface area contributed by atoms with Gasteiger partial charge in [-0.25, -0.2) is 19.2 Å². The fourth-order valence-corrected chi connectivity index (χ4v) is 3.47. The van der Waals surface area contributed by atoms with E-state index in [9.17, 15) is 9.18 Å². The number of esters is 1. The van der Waals surface area contributed by atoms with Gasteiger partial charge in [-0.1, -0.05) is 57.7 Å². The van der Waals surface area contributed by atoms with E-state index in [1.54, 1.807) is 24.3 Å². The van der Waals surface area contributed by atoms with Crippen LogP contribution in [0.1, 0.15) is 73.9 Å². The standard InChI is InChI=1S/C27H31FN2O2/c1-3-5-7-8-10-20-11-16-25(24(28)17-20)32-27(31)23-14-12-22(13-15-23)26-29-18-21(19-30-26)9-6-4-2/h11-19H,3-10H2,1-2H3. The Bertz CT molecular complexity index is 1000. The summed E-state index contributed by atoms with van der Waals surface area (Å²) in [6, 6.07) is 11.6. The maximum absolute atomic E-state index is 14.4. The summed E-state index contributed by atoms with van der Waals surface area (Å²) in [5.41, 5.74) is 3.19. The highest BCUT2D eigenvalue weighted by Gasteiger charge is 2.13. The van der Waals surface area contributed by atoms with Gasteiger partial charge < -0.3 is 4.74 Å². The Morgan fingerprint density at radius 3 is 2.19 bits per heavy atom. The molecule has 168 valence electrons. The van der Waals surface area contributed by atoms with Gasteiger partial charge in [0, 0.05) is 18.0 Å². The zero-order chi connectivity index (χ0) is 22.8. The van der Waals surface area contributed by atoms with E-state index in [2.05, 4.69) is 23.8 Å². The van der Waals surface area contributed by atoms with Crippen molar-refractivity contribution >= 4 is 5.97 Å². The van der Waals surface area contributed by atoms with E-state index in [0.29, 0.717) is 11.4 Å². The topological polar surface area (TPSA) is 52.1 Å². The number of unbranched alkanes of at least 4 members (excludes halogenated alkanes) is 4. The summed E-state index contributed by atoms with van der Waals surface area (Å²) >= 11 is 0. The summed E-state index contributed by atoms with van der Waals surface area (Å²) in [4.78, 5) is 21.3. The van der Waals surface area contributed by atoms with Gasteiger partial charge in [-0.3, -0.25) is 0 Å². The van der Waals surface area contributed by atoms with E-state index in [1.165, 1.54) is 25.0 Å². The van der Waals surface area contributed by atoms with Gasteiger partial charge in [-0.15, -0.1) is 0 Å². The van der Waals surface area contributed by atoms with E-state index >= 15 is 0 Å². The smallest absolute Gasteiger partial charge is 0.343 e. The molecule has 0 spiro atoms. The molecule has 3 rings (SSSR count). The van der Waals surface area contributed by atoms with Crippen LogP contribution in [0.25, 0.3) is 11.4 Å². The molecule has 2 aromatic carbocycles. The first-order valence-electron chi connectivity index (χ1n) is 11.5. The molecule has 0 atom stereocenters. The highest BCUT2D eigenvalue weighted by molar-refractivity contribution is 5.91. The van der Waals surface area contributed by atoms with E-state index in [-0.39, 0.29) is 5.75 Å². The average molecular weight is 435 g/mol. The van der Waals surface area contributed by atoms with Gasteiger partial charge >= 0.3 is 5.97 Å². The lowest BCUT2D eigenvalue weighted by molar-refractivity contribution is 0.0728. The van der Waals surface area contributed by atoms with Gasteiger partial charge in [0.15, 0.2) is 17.4 Å². The van der Waals surface area contributed by atoms with E-state index in [1.807, 2.05) is 18.5 Å². The number of rotatable bonds is 11. The molecule has 3 aromatic rings. The molecule has 0 fully saturated rings. The minimum Gasteiger partial charge on any atom is -0.420 e. The first-order chi connectivity index (χ1) is 15.6. The quantitative estimate of drug-likeness (QED) is 0.186. The molecule has 0 saturated heterocycles. The molecule has 32 heavy (non-hydrogen) atoms. The number of halogens is 1. The lowest BCUT2D eigenvalue weighted by Gasteiger charge is -2.08. The summed E-state index contributed by atoms with van der Waals surface area (Å²) in [5, 5.41) is 0. The normalized spacial score (nSPS) is 10.8. The number of aryl methyl sites for hydroxylation is 2. The van der Waals surface area contributed by atoms with Crippen LogP contribution in [0.3, 0.4) is 0 Å². The third-order valence-electron chi connectivity index (χ3n) is 5.42. The maximum Gasteiger partial charge on any atom is 0.343 e. The van der Waals surface area contributed by atoms with Crippen molar-refractivity contribution in [2.45, 2.75) is 65.2 Å². The summed E-state index contributed by atoms with van der Waals surface area (Å²) in [6.45, 7) is 4.32. The molecule has 4 nitrogen and oxygen atoms in total.